The van der Waals surface area contributed by atoms with Gasteiger partial charge in [-0.1, -0.05) is 12.1 Å². The number of unbranched alkanes of at least 4 members (excludes halogenated alkanes) is 1. The molecule has 0 bridgehead atoms. The summed E-state index contributed by atoms with van der Waals surface area (Å²) in [5.41, 5.74) is 1.55. The van der Waals surface area contributed by atoms with E-state index in [0.29, 0.717) is 25.1 Å². The molecule has 1 rings (SSSR count). The maximum atomic E-state index is 11.9. The van der Waals surface area contributed by atoms with E-state index < -0.39 is 12.6 Å². The Morgan fingerprint density at radius 1 is 1.22 bits per heavy atom. The van der Waals surface area contributed by atoms with E-state index in [1.54, 1.807) is 18.2 Å². The van der Waals surface area contributed by atoms with Crippen LogP contribution in [0.2, 0.25) is 0 Å². The van der Waals surface area contributed by atoms with Crippen molar-refractivity contribution < 1.29 is 13.2 Å². The summed E-state index contributed by atoms with van der Waals surface area (Å²) >= 11 is 0. The van der Waals surface area contributed by atoms with E-state index in [0.717, 1.165) is 5.56 Å². The number of nitrogens with zero attached hydrogens (tertiary/aromatic N) is 1. The molecule has 0 aliphatic rings. The number of halogens is 3. The summed E-state index contributed by atoms with van der Waals surface area (Å²) in [5.74, 6) is 0. The Morgan fingerprint density at radius 2 is 2.00 bits per heavy atom. The van der Waals surface area contributed by atoms with Crippen LogP contribution in [0.4, 0.5) is 13.2 Å². The van der Waals surface area contributed by atoms with Gasteiger partial charge in [-0.25, -0.2) is 0 Å². The van der Waals surface area contributed by atoms with E-state index in [2.05, 4.69) is 5.32 Å². The molecule has 0 atom stereocenters. The molecule has 1 aromatic rings. The zero-order valence-electron chi connectivity index (χ0n) is 9.93. The first-order valence-electron chi connectivity index (χ1n) is 5.78. The zero-order chi connectivity index (χ0) is 13.4. The third-order valence-corrected chi connectivity index (χ3v) is 2.45. The first-order valence-corrected chi connectivity index (χ1v) is 5.78. The van der Waals surface area contributed by atoms with Crippen molar-refractivity contribution in [2.75, 3.05) is 6.54 Å². The average Bonchev–Trinajstić information content (AvgIpc) is 2.32. The monoisotopic (exact) mass is 256 g/mol. The molecule has 0 saturated heterocycles. The Bertz CT molecular complexity index is 407. The number of hydrogen-bond acceptors (Lipinski definition) is 2. The highest BCUT2D eigenvalue weighted by Gasteiger charge is 2.25. The molecule has 1 N–H and O–H groups in total. The number of hydrogen-bond donors (Lipinski definition) is 1. The number of nitrogens with one attached hydrogen (secondary N) is 1. The molecule has 0 aliphatic carbocycles. The first-order chi connectivity index (χ1) is 8.51. The standard InChI is InChI=1S/C13H15F3N2/c14-13(15,16)6-1-2-7-18-10-12-5-3-4-11(8-12)9-17/h3-5,8,18H,1-2,6-7,10H2. The van der Waals surface area contributed by atoms with Crippen LogP contribution in [-0.2, 0) is 6.54 Å². The van der Waals surface area contributed by atoms with E-state index in [1.165, 1.54) is 0 Å². The van der Waals surface area contributed by atoms with E-state index in [4.69, 9.17) is 5.26 Å². The largest absolute Gasteiger partial charge is 0.389 e. The predicted molar refractivity (Wildman–Crippen MR) is 62.8 cm³/mol. The minimum atomic E-state index is -4.05. The second kappa shape index (κ2) is 7.02. The molecule has 0 aliphatic heterocycles. The van der Waals surface area contributed by atoms with Crippen LogP contribution < -0.4 is 5.32 Å². The highest BCUT2D eigenvalue weighted by molar-refractivity contribution is 5.32. The summed E-state index contributed by atoms with van der Waals surface area (Å²) in [6, 6.07) is 9.19. The molecular formula is C13H15F3N2. The Labute approximate surface area is 104 Å². The van der Waals surface area contributed by atoms with Gasteiger partial charge in [0, 0.05) is 13.0 Å². The van der Waals surface area contributed by atoms with Gasteiger partial charge in [-0.2, -0.15) is 18.4 Å². The lowest BCUT2D eigenvalue weighted by Gasteiger charge is -2.07. The Hall–Kier alpha value is -1.54. The van der Waals surface area contributed by atoms with E-state index in [-0.39, 0.29) is 6.42 Å². The van der Waals surface area contributed by atoms with E-state index in [9.17, 15) is 13.2 Å². The Kier molecular flexibility index (Phi) is 5.66. The quantitative estimate of drug-likeness (QED) is 0.792. The van der Waals surface area contributed by atoms with Gasteiger partial charge in [-0.15, -0.1) is 0 Å². The molecule has 0 aromatic heterocycles. The third kappa shape index (κ3) is 6.26. The maximum Gasteiger partial charge on any atom is 0.389 e. The van der Waals surface area contributed by atoms with E-state index >= 15 is 0 Å². The molecule has 0 fully saturated rings. The summed E-state index contributed by atoms with van der Waals surface area (Å²) < 4.78 is 35.6. The normalized spacial score (nSPS) is 11.2. The van der Waals surface area contributed by atoms with Crippen LogP contribution in [0.15, 0.2) is 24.3 Å². The fraction of sp³-hybridized carbons (Fsp3) is 0.462. The molecule has 0 radical (unpaired) electrons. The molecule has 1 aromatic carbocycles. The number of alkyl halides is 3. The Balaban J connectivity index is 2.16. The van der Waals surface area contributed by atoms with Gasteiger partial charge in [0.25, 0.3) is 0 Å². The summed E-state index contributed by atoms with van der Waals surface area (Å²) in [5, 5.41) is 11.8. The zero-order valence-corrected chi connectivity index (χ0v) is 9.93. The fourth-order valence-electron chi connectivity index (χ4n) is 1.56. The fourth-order valence-corrected chi connectivity index (χ4v) is 1.56. The number of nitriles is 1. The molecule has 0 unspecified atom stereocenters. The van der Waals surface area contributed by atoms with Gasteiger partial charge in [0.1, 0.15) is 0 Å². The molecule has 18 heavy (non-hydrogen) atoms. The van der Waals surface area contributed by atoms with Crippen molar-refractivity contribution in [1.82, 2.24) is 5.32 Å². The van der Waals surface area contributed by atoms with Crippen LogP contribution in [0.5, 0.6) is 0 Å². The number of benzene rings is 1. The van der Waals surface area contributed by atoms with Gasteiger partial charge < -0.3 is 5.32 Å². The molecule has 0 amide bonds. The lowest BCUT2D eigenvalue weighted by molar-refractivity contribution is -0.135. The van der Waals surface area contributed by atoms with Crippen molar-refractivity contribution >= 4 is 0 Å². The van der Waals surface area contributed by atoms with Crippen molar-refractivity contribution in [1.29, 1.82) is 5.26 Å². The molecule has 0 heterocycles. The van der Waals surface area contributed by atoms with Gasteiger partial charge in [-0.05, 0) is 37.1 Å². The second-order valence-corrected chi connectivity index (χ2v) is 4.06. The smallest absolute Gasteiger partial charge is 0.313 e. The van der Waals surface area contributed by atoms with Crippen molar-refractivity contribution in [3.05, 3.63) is 35.4 Å². The van der Waals surface area contributed by atoms with Crippen molar-refractivity contribution in [3.63, 3.8) is 0 Å². The van der Waals surface area contributed by atoms with Crippen LogP contribution in [0, 0.1) is 11.3 Å². The third-order valence-electron chi connectivity index (χ3n) is 2.45. The highest BCUT2D eigenvalue weighted by Crippen LogP contribution is 2.21. The number of rotatable bonds is 6. The minimum absolute atomic E-state index is 0.148. The molecule has 0 saturated carbocycles. The summed E-state index contributed by atoms with van der Waals surface area (Å²) in [7, 11) is 0. The van der Waals surface area contributed by atoms with Crippen molar-refractivity contribution in [3.8, 4) is 6.07 Å². The molecule has 0 spiro atoms. The molecule has 98 valence electrons. The van der Waals surface area contributed by atoms with Gasteiger partial charge in [-0.3, -0.25) is 0 Å². The SMILES string of the molecule is N#Cc1cccc(CNCCCCC(F)(F)F)c1. The lowest BCUT2D eigenvalue weighted by Crippen LogP contribution is -2.16. The maximum absolute atomic E-state index is 11.9. The van der Waals surface area contributed by atoms with Crippen LogP contribution in [0.3, 0.4) is 0 Å². The predicted octanol–water partition coefficient (Wildman–Crippen LogP) is 3.38. The summed E-state index contributed by atoms with van der Waals surface area (Å²) in [6.07, 6.45) is -4.13. The van der Waals surface area contributed by atoms with Gasteiger partial charge in [0.05, 0.1) is 11.6 Å². The minimum Gasteiger partial charge on any atom is -0.313 e. The average molecular weight is 256 g/mol. The van der Waals surface area contributed by atoms with Crippen molar-refractivity contribution in [2.45, 2.75) is 32.0 Å². The summed E-state index contributed by atoms with van der Waals surface area (Å²) in [4.78, 5) is 0. The van der Waals surface area contributed by atoms with Crippen molar-refractivity contribution in [2.24, 2.45) is 0 Å². The van der Waals surface area contributed by atoms with Gasteiger partial charge in [0.2, 0.25) is 0 Å². The van der Waals surface area contributed by atoms with Crippen LogP contribution in [-0.4, -0.2) is 12.7 Å². The molecular weight excluding hydrogens is 241 g/mol. The van der Waals surface area contributed by atoms with Crippen LogP contribution in [0.25, 0.3) is 0 Å². The summed E-state index contributed by atoms with van der Waals surface area (Å²) in [6.45, 7) is 1.12. The Morgan fingerprint density at radius 3 is 2.67 bits per heavy atom. The molecule has 5 heteroatoms. The lowest BCUT2D eigenvalue weighted by atomic mass is 10.1. The van der Waals surface area contributed by atoms with Crippen LogP contribution >= 0.6 is 0 Å². The van der Waals surface area contributed by atoms with Gasteiger partial charge >= 0.3 is 6.18 Å². The van der Waals surface area contributed by atoms with Crippen LogP contribution in [0.1, 0.15) is 30.4 Å². The first kappa shape index (κ1) is 14.5. The van der Waals surface area contributed by atoms with Gasteiger partial charge in [0.15, 0.2) is 0 Å². The second-order valence-electron chi connectivity index (χ2n) is 4.06. The topological polar surface area (TPSA) is 35.8 Å². The van der Waals surface area contributed by atoms with E-state index in [1.807, 2.05) is 12.1 Å². The highest BCUT2D eigenvalue weighted by atomic mass is 19.4. The molecule has 2 nitrogen and oxygen atoms in total.